The molecule has 6 heteroatoms. The maximum Gasteiger partial charge on any atom is 0.418 e. The minimum absolute atomic E-state index is 0.0376. The van der Waals surface area contributed by atoms with Gasteiger partial charge in [-0.2, -0.15) is 18.3 Å². The summed E-state index contributed by atoms with van der Waals surface area (Å²) in [5.74, 6) is 0. The van der Waals surface area contributed by atoms with Gasteiger partial charge < -0.3 is 0 Å². The lowest BCUT2D eigenvalue weighted by molar-refractivity contribution is -0.137. The second kappa shape index (κ2) is 4.92. The van der Waals surface area contributed by atoms with Crippen LogP contribution in [-0.2, 0) is 6.18 Å². The van der Waals surface area contributed by atoms with E-state index in [-0.39, 0.29) is 11.7 Å². The SMILES string of the molecule is FC(F)(F)c1cccnc1-c1ccnn1C1CCCC1. The Morgan fingerprint density at radius 1 is 1.10 bits per heavy atom. The number of nitrogens with zero attached hydrogens (tertiary/aromatic N) is 3. The average Bonchev–Trinajstić information content (AvgIpc) is 3.08. The van der Waals surface area contributed by atoms with Gasteiger partial charge >= 0.3 is 6.18 Å². The summed E-state index contributed by atoms with van der Waals surface area (Å²) in [6.07, 6.45) is 2.63. The Labute approximate surface area is 114 Å². The first-order valence-corrected chi connectivity index (χ1v) is 6.63. The molecule has 0 N–H and O–H groups in total. The second-order valence-electron chi connectivity index (χ2n) is 5.00. The zero-order chi connectivity index (χ0) is 14.2. The van der Waals surface area contributed by atoms with Gasteiger partial charge in [-0.1, -0.05) is 12.8 Å². The molecule has 2 aromatic heterocycles. The lowest BCUT2D eigenvalue weighted by Gasteiger charge is -2.16. The molecule has 1 fully saturated rings. The van der Waals surface area contributed by atoms with E-state index in [9.17, 15) is 13.2 Å². The maximum atomic E-state index is 13.1. The van der Waals surface area contributed by atoms with Crippen molar-refractivity contribution >= 4 is 0 Å². The van der Waals surface area contributed by atoms with Crippen molar-refractivity contribution in [2.24, 2.45) is 0 Å². The fourth-order valence-electron chi connectivity index (χ4n) is 2.78. The van der Waals surface area contributed by atoms with Crippen LogP contribution >= 0.6 is 0 Å². The van der Waals surface area contributed by atoms with Gasteiger partial charge in [0.05, 0.1) is 17.3 Å². The van der Waals surface area contributed by atoms with Gasteiger partial charge in [0, 0.05) is 12.4 Å². The van der Waals surface area contributed by atoms with E-state index in [1.54, 1.807) is 16.9 Å². The molecule has 106 valence electrons. The molecule has 0 saturated heterocycles. The Hall–Kier alpha value is -1.85. The number of rotatable bonds is 2. The summed E-state index contributed by atoms with van der Waals surface area (Å²) in [4.78, 5) is 3.94. The molecule has 3 nitrogen and oxygen atoms in total. The molecule has 1 aliphatic rings. The first-order valence-electron chi connectivity index (χ1n) is 6.63. The van der Waals surface area contributed by atoms with Crippen LogP contribution in [0.2, 0.25) is 0 Å². The lowest BCUT2D eigenvalue weighted by Crippen LogP contribution is -2.13. The predicted octanol–water partition coefficient (Wildman–Crippen LogP) is 4.08. The smallest absolute Gasteiger partial charge is 0.260 e. The first kappa shape index (κ1) is 13.1. The Bertz CT molecular complexity index is 598. The Balaban J connectivity index is 2.08. The van der Waals surface area contributed by atoms with Crippen LogP contribution in [0.3, 0.4) is 0 Å². The van der Waals surface area contributed by atoms with Gasteiger partial charge in [0.2, 0.25) is 0 Å². The zero-order valence-electron chi connectivity index (χ0n) is 10.8. The van der Waals surface area contributed by atoms with E-state index in [1.807, 2.05) is 0 Å². The van der Waals surface area contributed by atoms with Crippen LogP contribution in [0.25, 0.3) is 11.4 Å². The zero-order valence-corrected chi connectivity index (χ0v) is 10.8. The van der Waals surface area contributed by atoms with E-state index in [1.165, 1.54) is 12.3 Å². The summed E-state index contributed by atoms with van der Waals surface area (Å²) >= 11 is 0. The van der Waals surface area contributed by atoms with Crippen molar-refractivity contribution in [3.63, 3.8) is 0 Å². The van der Waals surface area contributed by atoms with Crippen LogP contribution in [0, 0.1) is 0 Å². The van der Waals surface area contributed by atoms with Crippen LogP contribution in [0.4, 0.5) is 13.2 Å². The highest BCUT2D eigenvalue weighted by Crippen LogP contribution is 2.38. The van der Waals surface area contributed by atoms with Crippen LogP contribution in [0.1, 0.15) is 37.3 Å². The van der Waals surface area contributed by atoms with Gasteiger partial charge in [0.15, 0.2) is 0 Å². The summed E-state index contributed by atoms with van der Waals surface area (Å²) in [7, 11) is 0. The molecule has 0 aliphatic heterocycles. The molecule has 0 spiro atoms. The van der Waals surface area contributed by atoms with E-state index in [0.29, 0.717) is 5.69 Å². The molecule has 0 aromatic carbocycles. The Kier molecular flexibility index (Phi) is 3.23. The largest absolute Gasteiger partial charge is 0.418 e. The number of hydrogen-bond acceptors (Lipinski definition) is 2. The molecule has 2 heterocycles. The Morgan fingerprint density at radius 2 is 1.85 bits per heavy atom. The highest BCUT2D eigenvalue weighted by atomic mass is 19.4. The maximum absolute atomic E-state index is 13.1. The minimum atomic E-state index is -4.41. The third-order valence-electron chi connectivity index (χ3n) is 3.70. The summed E-state index contributed by atoms with van der Waals surface area (Å²) < 4.78 is 40.9. The van der Waals surface area contributed by atoms with Gasteiger partial charge in [-0.05, 0) is 31.0 Å². The molecule has 0 bridgehead atoms. The van der Waals surface area contributed by atoms with E-state index in [4.69, 9.17) is 0 Å². The van der Waals surface area contributed by atoms with Crippen molar-refractivity contribution in [1.29, 1.82) is 0 Å². The van der Waals surface area contributed by atoms with Crippen molar-refractivity contribution in [2.75, 3.05) is 0 Å². The third-order valence-corrected chi connectivity index (χ3v) is 3.70. The van der Waals surface area contributed by atoms with E-state index in [0.717, 1.165) is 31.7 Å². The number of hydrogen-bond donors (Lipinski definition) is 0. The number of pyridine rings is 1. The Morgan fingerprint density at radius 3 is 2.55 bits per heavy atom. The predicted molar refractivity (Wildman–Crippen MR) is 68.0 cm³/mol. The summed E-state index contributed by atoms with van der Waals surface area (Å²) in [5.41, 5.74) is -0.297. The van der Waals surface area contributed by atoms with E-state index in [2.05, 4.69) is 10.1 Å². The van der Waals surface area contributed by atoms with Crippen molar-refractivity contribution < 1.29 is 13.2 Å². The summed E-state index contributed by atoms with van der Waals surface area (Å²) in [5, 5.41) is 4.21. The number of alkyl halides is 3. The highest BCUT2D eigenvalue weighted by Gasteiger charge is 2.35. The van der Waals surface area contributed by atoms with E-state index < -0.39 is 11.7 Å². The van der Waals surface area contributed by atoms with Gasteiger partial charge in [-0.15, -0.1) is 0 Å². The first-order chi connectivity index (χ1) is 9.57. The van der Waals surface area contributed by atoms with Crippen molar-refractivity contribution in [3.8, 4) is 11.4 Å². The molecule has 0 radical (unpaired) electrons. The van der Waals surface area contributed by atoms with Crippen molar-refractivity contribution in [2.45, 2.75) is 37.9 Å². The number of halogens is 3. The molecule has 1 aliphatic carbocycles. The molecule has 0 unspecified atom stereocenters. The summed E-state index contributed by atoms with van der Waals surface area (Å²) in [6.45, 7) is 0. The molecule has 0 atom stereocenters. The van der Waals surface area contributed by atoms with Crippen LogP contribution < -0.4 is 0 Å². The topological polar surface area (TPSA) is 30.7 Å². The normalized spacial score (nSPS) is 16.8. The third kappa shape index (κ3) is 2.30. The number of aromatic nitrogens is 3. The fourth-order valence-corrected chi connectivity index (χ4v) is 2.78. The molecule has 0 amide bonds. The molecule has 3 rings (SSSR count). The minimum Gasteiger partial charge on any atom is -0.260 e. The summed E-state index contributed by atoms with van der Waals surface area (Å²) in [6, 6.07) is 4.16. The second-order valence-corrected chi connectivity index (χ2v) is 5.00. The van der Waals surface area contributed by atoms with Gasteiger partial charge in [0.1, 0.15) is 5.69 Å². The molecule has 1 saturated carbocycles. The van der Waals surface area contributed by atoms with Gasteiger partial charge in [-0.25, -0.2) is 0 Å². The van der Waals surface area contributed by atoms with Crippen molar-refractivity contribution in [3.05, 3.63) is 36.2 Å². The van der Waals surface area contributed by atoms with E-state index >= 15 is 0 Å². The van der Waals surface area contributed by atoms with Crippen LogP contribution in [0.5, 0.6) is 0 Å². The quantitative estimate of drug-likeness (QED) is 0.830. The monoisotopic (exact) mass is 281 g/mol. The highest BCUT2D eigenvalue weighted by molar-refractivity contribution is 5.60. The van der Waals surface area contributed by atoms with Crippen LogP contribution in [0.15, 0.2) is 30.6 Å². The molecule has 2 aromatic rings. The molecular weight excluding hydrogens is 267 g/mol. The van der Waals surface area contributed by atoms with Crippen LogP contribution in [-0.4, -0.2) is 14.8 Å². The average molecular weight is 281 g/mol. The van der Waals surface area contributed by atoms with Gasteiger partial charge in [0.25, 0.3) is 0 Å². The fraction of sp³-hybridized carbons (Fsp3) is 0.429. The van der Waals surface area contributed by atoms with Gasteiger partial charge in [-0.3, -0.25) is 9.67 Å². The molecule has 20 heavy (non-hydrogen) atoms. The molecular formula is C14H14F3N3. The lowest BCUT2D eigenvalue weighted by atomic mass is 10.1. The van der Waals surface area contributed by atoms with Crippen molar-refractivity contribution in [1.82, 2.24) is 14.8 Å². The standard InChI is InChI=1S/C14H14F3N3/c15-14(16,17)11-6-3-8-18-13(11)12-7-9-19-20(12)10-4-1-2-5-10/h3,6-10H,1-2,4-5H2.